The van der Waals surface area contributed by atoms with Crippen LogP contribution >= 0.6 is 11.6 Å². The highest BCUT2D eigenvalue weighted by Crippen LogP contribution is 2.28. The molecule has 0 aliphatic carbocycles. The summed E-state index contributed by atoms with van der Waals surface area (Å²) >= 11 is 6.34. The molecule has 0 amide bonds. The molecule has 0 saturated carbocycles. The molecule has 0 radical (unpaired) electrons. The molecule has 30 heavy (non-hydrogen) atoms. The second kappa shape index (κ2) is 10.3. The number of carbonyl (C=O) groups excluding carboxylic acids is 1. The van der Waals surface area contributed by atoms with E-state index >= 15 is 0 Å². The molecule has 0 fully saturated rings. The summed E-state index contributed by atoms with van der Waals surface area (Å²) < 4.78 is 32.7. The Morgan fingerprint density at radius 1 is 1.17 bits per heavy atom. The Hall–Kier alpha value is -2.13. The Morgan fingerprint density at radius 3 is 2.43 bits per heavy atom. The SMILES string of the molecule is CCOC(=O)C(NS(=O)(=O)c1ccccc1[NH+]([O-])O)C(Cl)c1cccc([NH+]([O-])O)c1. The molecule has 2 aromatic rings. The molecule has 5 N–H and O–H groups in total. The van der Waals surface area contributed by atoms with Crippen molar-refractivity contribution >= 4 is 39.0 Å². The van der Waals surface area contributed by atoms with Gasteiger partial charge in [0.15, 0.2) is 11.4 Å². The lowest BCUT2D eigenvalue weighted by Gasteiger charge is -2.23. The van der Waals surface area contributed by atoms with E-state index < -0.39 is 48.4 Å². The minimum absolute atomic E-state index is 0.0679. The molecule has 0 aromatic heterocycles. The van der Waals surface area contributed by atoms with Gasteiger partial charge in [0.05, 0.1) is 12.0 Å². The summed E-state index contributed by atoms with van der Waals surface area (Å²) in [6, 6.07) is 8.53. The van der Waals surface area contributed by atoms with E-state index in [4.69, 9.17) is 21.5 Å². The highest BCUT2D eigenvalue weighted by Gasteiger charge is 2.36. The lowest BCUT2D eigenvalue weighted by molar-refractivity contribution is -0.992. The van der Waals surface area contributed by atoms with Gasteiger partial charge >= 0.3 is 5.97 Å². The van der Waals surface area contributed by atoms with Gasteiger partial charge in [0.25, 0.3) is 0 Å². The van der Waals surface area contributed by atoms with Crippen molar-refractivity contribution in [1.29, 1.82) is 0 Å². The van der Waals surface area contributed by atoms with Crippen LogP contribution in [0.4, 0.5) is 11.4 Å². The number of quaternary nitrogens is 2. The van der Waals surface area contributed by atoms with E-state index in [0.717, 1.165) is 12.1 Å². The summed E-state index contributed by atoms with van der Waals surface area (Å²) in [5.41, 5.74) is -0.449. The second-order valence-electron chi connectivity index (χ2n) is 5.98. The predicted molar refractivity (Wildman–Crippen MR) is 104 cm³/mol. The van der Waals surface area contributed by atoms with E-state index in [9.17, 15) is 28.8 Å². The van der Waals surface area contributed by atoms with Gasteiger partial charge < -0.3 is 15.2 Å². The normalized spacial score (nSPS) is 15.8. The van der Waals surface area contributed by atoms with Gasteiger partial charge in [-0.25, -0.2) is 18.8 Å². The average Bonchev–Trinajstić information content (AvgIpc) is 2.71. The molecule has 0 bridgehead atoms. The zero-order chi connectivity index (χ0) is 22.5. The third-order valence-corrected chi connectivity index (χ3v) is 5.98. The van der Waals surface area contributed by atoms with Crippen LogP contribution in [0.25, 0.3) is 0 Å². The molecule has 4 unspecified atom stereocenters. The lowest BCUT2D eigenvalue weighted by atomic mass is 10.1. The summed E-state index contributed by atoms with van der Waals surface area (Å²) in [5, 5.41) is 36.9. The molecular formula is C17H20ClN3O8S. The van der Waals surface area contributed by atoms with E-state index in [2.05, 4.69) is 4.72 Å². The number of sulfonamides is 1. The Bertz CT molecular complexity index is 986. The van der Waals surface area contributed by atoms with Crippen LogP contribution in [-0.4, -0.2) is 37.5 Å². The molecule has 0 aliphatic heterocycles. The summed E-state index contributed by atoms with van der Waals surface area (Å²) in [6.07, 6.45) is 0. The van der Waals surface area contributed by atoms with Crippen LogP contribution in [-0.2, 0) is 19.6 Å². The lowest BCUT2D eigenvalue weighted by Crippen LogP contribution is -2.99. The first-order chi connectivity index (χ1) is 14.1. The van der Waals surface area contributed by atoms with Gasteiger partial charge in [-0.05, 0) is 18.6 Å². The Balaban J connectivity index is 2.45. The first kappa shape index (κ1) is 24.1. The Kier molecular flexibility index (Phi) is 8.25. The van der Waals surface area contributed by atoms with Crippen LogP contribution in [0, 0.1) is 10.4 Å². The largest absolute Gasteiger partial charge is 0.595 e. The van der Waals surface area contributed by atoms with Crippen molar-refractivity contribution in [2.45, 2.75) is 23.2 Å². The number of halogens is 1. The standard InChI is InChI=1S/C17H20ClN3O8S/c1-2-29-17(22)16(15(18)11-6-5-7-12(10-11)20(23)24)19-30(27,28)14-9-4-3-8-13(14)21(25)26/h3-10,15-16,19-21,23,25H,2H2,1H3. The van der Waals surface area contributed by atoms with Gasteiger partial charge in [0, 0.05) is 18.2 Å². The van der Waals surface area contributed by atoms with Gasteiger partial charge in [-0.3, -0.25) is 4.79 Å². The molecule has 11 nitrogen and oxygen atoms in total. The van der Waals surface area contributed by atoms with Crippen LogP contribution < -0.4 is 15.2 Å². The molecule has 13 heteroatoms. The van der Waals surface area contributed by atoms with Crippen LogP contribution in [0.2, 0.25) is 0 Å². The van der Waals surface area contributed by atoms with Crippen LogP contribution in [0.5, 0.6) is 0 Å². The maximum absolute atomic E-state index is 12.9. The zero-order valence-electron chi connectivity index (χ0n) is 15.6. The molecule has 4 atom stereocenters. The van der Waals surface area contributed by atoms with E-state index in [1.165, 1.54) is 43.3 Å². The van der Waals surface area contributed by atoms with Gasteiger partial charge in [0.1, 0.15) is 10.9 Å². The van der Waals surface area contributed by atoms with Gasteiger partial charge in [-0.1, -0.05) is 24.3 Å². The zero-order valence-corrected chi connectivity index (χ0v) is 17.2. The van der Waals surface area contributed by atoms with E-state index in [1.54, 1.807) is 0 Å². The van der Waals surface area contributed by atoms with Crippen molar-refractivity contribution < 1.29 is 38.8 Å². The number of rotatable bonds is 9. The molecule has 0 saturated heterocycles. The van der Waals surface area contributed by atoms with Crippen molar-refractivity contribution in [3.05, 3.63) is 64.5 Å². The number of para-hydroxylation sites is 1. The molecule has 0 heterocycles. The maximum atomic E-state index is 12.9. The highest BCUT2D eigenvalue weighted by molar-refractivity contribution is 7.89. The topological polar surface area (TPSA) is 168 Å². The van der Waals surface area contributed by atoms with E-state index in [0.29, 0.717) is 0 Å². The van der Waals surface area contributed by atoms with E-state index in [1.807, 2.05) is 0 Å². The number of hydrogen-bond donors (Lipinski definition) is 5. The first-order valence-corrected chi connectivity index (χ1v) is 10.5. The molecule has 2 rings (SSSR count). The summed E-state index contributed by atoms with van der Waals surface area (Å²) in [7, 11) is -4.51. The van der Waals surface area contributed by atoms with Crippen LogP contribution in [0.3, 0.4) is 0 Å². The molecule has 0 spiro atoms. The van der Waals surface area contributed by atoms with Crippen molar-refractivity contribution in [2.24, 2.45) is 0 Å². The Labute approximate surface area is 177 Å². The van der Waals surface area contributed by atoms with E-state index in [-0.39, 0.29) is 17.9 Å². The maximum Gasteiger partial charge on any atom is 0.326 e. The summed E-state index contributed by atoms with van der Waals surface area (Å²) in [5.74, 6) is -1.00. The minimum Gasteiger partial charge on any atom is -0.595 e. The molecular weight excluding hydrogens is 442 g/mol. The molecule has 0 aliphatic rings. The number of alkyl halides is 1. The van der Waals surface area contributed by atoms with Gasteiger partial charge in [0.2, 0.25) is 10.0 Å². The summed E-state index contributed by atoms with van der Waals surface area (Å²) in [6.45, 7) is 1.44. The fourth-order valence-corrected chi connectivity index (χ4v) is 4.38. The molecule has 2 aromatic carbocycles. The number of esters is 1. The fraction of sp³-hybridized carbons (Fsp3) is 0.235. The van der Waals surface area contributed by atoms with Gasteiger partial charge in [-0.2, -0.15) is 15.2 Å². The number of hydrogen-bond acceptors (Lipinski definition) is 8. The number of carbonyl (C=O) groups is 1. The quantitative estimate of drug-likeness (QED) is 0.192. The number of nitrogens with one attached hydrogen (secondary N) is 3. The van der Waals surface area contributed by atoms with Crippen LogP contribution in [0.1, 0.15) is 17.9 Å². The third-order valence-electron chi connectivity index (χ3n) is 3.97. The third kappa shape index (κ3) is 5.72. The number of ether oxygens (including phenoxy) is 1. The minimum atomic E-state index is -4.51. The van der Waals surface area contributed by atoms with Crippen molar-refractivity contribution in [2.75, 3.05) is 6.61 Å². The Morgan fingerprint density at radius 2 is 1.83 bits per heavy atom. The average molecular weight is 462 g/mol. The van der Waals surface area contributed by atoms with Crippen molar-refractivity contribution in [3.63, 3.8) is 0 Å². The van der Waals surface area contributed by atoms with Crippen molar-refractivity contribution in [3.8, 4) is 0 Å². The smallest absolute Gasteiger partial charge is 0.326 e. The highest BCUT2D eigenvalue weighted by atomic mass is 35.5. The number of benzene rings is 2. The first-order valence-electron chi connectivity index (χ1n) is 8.57. The van der Waals surface area contributed by atoms with Crippen LogP contribution in [0.15, 0.2) is 53.4 Å². The fourth-order valence-electron chi connectivity index (χ4n) is 2.60. The predicted octanol–water partition coefficient (Wildman–Crippen LogP) is -0.316. The van der Waals surface area contributed by atoms with Crippen molar-refractivity contribution in [1.82, 2.24) is 4.72 Å². The molecule has 164 valence electrons. The monoisotopic (exact) mass is 461 g/mol. The second-order valence-corrected chi connectivity index (χ2v) is 8.14. The van der Waals surface area contributed by atoms with Gasteiger partial charge in [-0.15, -0.1) is 11.6 Å². The summed E-state index contributed by atoms with van der Waals surface area (Å²) in [4.78, 5) is 11.9.